The lowest BCUT2D eigenvalue weighted by Gasteiger charge is -2.28. The lowest BCUT2D eigenvalue weighted by atomic mass is 10.2. The minimum atomic E-state index is -4.02. The molecular formula is C8H19NO5S. The molecule has 0 rings (SSSR count). The summed E-state index contributed by atoms with van der Waals surface area (Å²) < 4.78 is 30.2. The molecule has 0 aromatic heterocycles. The monoisotopic (exact) mass is 241 g/mol. The average molecular weight is 241 g/mol. The first kappa shape index (κ1) is 14.8. The summed E-state index contributed by atoms with van der Waals surface area (Å²) in [6.45, 7) is 2.14. The van der Waals surface area contributed by atoms with Gasteiger partial charge in [0.15, 0.2) is 0 Å². The van der Waals surface area contributed by atoms with Crippen molar-refractivity contribution >= 4 is 10.1 Å². The van der Waals surface area contributed by atoms with Crippen LogP contribution in [0.5, 0.6) is 0 Å². The molecule has 0 radical (unpaired) electrons. The molecule has 0 saturated heterocycles. The van der Waals surface area contributed by atoms with Crippen LogP contribution in [0.15, 0.2) is 0 Å². The molecule has 0 bridgehead atoms. The Morgan fingerprint density at radius 3 is 1.93 bits per heavy atom. The molecule has 0 spiro atoms. The number of hydrogen-bond acceptors (Lipinski definition) is 5. The maximum atomic E-state index is 10.7. The Bertz CT molecular complexity index is 248. The van der Waals surface area contributed by atoms with Crippen LogP contribution in [-0.4, -0.2) is 66.2 Å². The van der Waals surface area contributed by atoms with Gasteiger partial charge in [0.2, 0.25) is 0 Å². The van der Waals surface area contributed by atoms with Gasteiger partial charge in [-0.15, -0.1) is 0 Å². The van der Waals surface area contributed by atoms with Crippen LogP contribution < -0.4 is 0 Å². The lowest BCUT2D eigenvalue weighted by Crippen LogP contribution is -2.42. The summed E-state index contributed by atoms with van der Waals surface area (Å²) in [6.07, 6.45) is 0.528. The number of hydrogen-bond donors (Lipinski definition) is 3. The molecule has 6 nitrogen and oxygen atoms in total. The highest BCUT2D eigenvalue weighted by molar-refractivity contribution is 7.85. The second kappa shape index (κ2) is 7.13. The lowest BCUT2D eigenvalue weighted by molar-refractivity contribution is 0.127. The third kappa shape index (κ3) is 6.80. The zero-order chi connectivity index (χ0) is 11.9. The van der Waals surface area contributed by atoms with E-state index in [4.69, 9.17) is 14.8 Å². The molecule has 0 fully saturated rings. The topological polar surface area (TPSA) is 98.1 Å². The van der Waals surface area contributed by atoms with Crippen molar-refractivity contribution in [1.82, 2.24) is 4.90 Å². The van der Waals surface area contributed by atoms with Crippen molar-refractivity contribution in [3.05, 3.63) is 0 Å². The summed E-state index contributed by atoms with van der Waals surface area (Å²) in [6, 6.07) is -0.376. The molecule has 0 amide bonds. The summed E-state index contributed by atoms with van der Waals surface area (Å²) in [5.41, 5.74) is 0. The fourth-order valence-corrected chi connectivity index (χ4v) is 2.39. The van der Waals surface area contributed by atoms with E-state index in [1.54, 1.807) is 11.8 Å². The van der Waals surface area contributed by atoms with Crippen LogP contribution in [0, 0.1) is 0 Å². The van der Waals surface area contributed by atoms with Gasteiger partial charge in [-0.05, 0) is 6.42 Å². The fraction of sp³-hybridized carbons (Fsp3) is 1.00. The van der Waals surface area contributed by atoms with E-state index in [1.165, 1.54) is 0 Å². The molecule has 0 saturated carbocycles. The van der Waals surface area contributed by atoms with Crippen LogP contribution in [0.2, 0.25) is 0 Å². The smallest absolute Gasteiger partial charge is 0.266 e. The van der Waals surface area contributed by atoms with E-state index in [0.717, 1.165) is 0 Å². The minimum Gasteiger partial charge on any atom is -0.395 e. The largest absolute Gasteiger partial charge is 0.395 e. The fourth-order valence-electron chi connectivity index (χ4n) is 1.46. The number of rotatable bonds is 8. The molecule has 1 unspecified atom stereocenters. The zero-order valence-corrected chi connectivity index (χ0v) is 9.65. The summed E-state index contributed by atoms with van der Waals surface area (Å²) in [5.74, 6) is -0.372. The van der Waals surface area contributed by atoms with Gasteiger partial charge in [0.05, 0.1) is 19.0 Å². The molecule has 3 N–H and O–H groups in total. The Labute approximate surface area is 90.3 Å². The molecule has 0 aliphatic carbocycles. The van der Waals surface area contributed by atoms with Crippen molar-refractivity contribution in [1.29, 1.82) is 0 Å². The molecule has 0 aromatic rings. The van der Waals surface area contributed by atoms with Crippen LogP contribution >= 0.6 is 0 Å². The zero-order valence-electron chi connectivity index (χ0n) is 8.83. The molecule has 15 heavy (non-hydrogen) atoms. The number of nitrogens with zero attached hydrogens (tertiary/aromatic N) is 1. The van der Waals surface area contributed by atoms with E-state index in [1.807, 2.05) is 0 Å². The third-order valence-electron chi connectivity index (χ3n) is 2.17. The molecular weight excluding hydrogens is 222 g/mol. The van der Waals surface area contributed by atoms with Crippen molar-refractivity contribution in [3.63, 3.8) is 0 Å². The van der Waals surface area contributed by atoms with Gasteiger partial charge in [0.1, 0.15) is 0 Å². The van der Waals surface area contributed by atoms with E-state index >= 15 is 0 Å². The molecule has 1 atom stereocenters. The Hall–Kier alpha value is -0.210. The van der Waals surface area contributed by atoms with Gasteiger partial charge in [-0.2, -0.15) is 8.42 Å². The van der Waals surface area contributed by atoms with Gasteiger partial charge >= 0.3 is 0 Å². The van der Waals surface area contributed by atoms with E-state index in [0.29, 0.717) is 6.42 Å². The maximum absolute atomic E-state index is 10.7. The Morgan fingerprint density at radius 1 is 1.20 bits per heavy atom. The first-order valence-electron chi connectivity index (χ1n) is 4.85. The van der Waals surface area contributed by atoms with Gasteiger partial charge in [0, 0.05) is 19.1 Å². The van der Waals surface area contributed by atoms with E-state index in [-0.39, 0.29) is 38.1 Å². The van der Waals surface area contributed by atoms with Gasteiger partial charge < -0.3 is 10.2 Å². The van der Waals surface area contributed by atoms with Crippen molar-refractivity contribution < 1.29 is 23.2 Å². The normalized spacial score (nSPS) is 14.5. The van der Waals surface area contributed by atoms with Crippen molar-refractivity contribution in [2.75, 3.05) is 32.1 Å². The second-order valence-electron chi connectivity index (χ2n) is 3.29. The standard InChI is InChI=1S/C8H19NO5S/c1-2-8(7-15(12,13)14)9(3-5-10)4-6-11/h8,10-11H,2-7H2,1H3,(H,12,13,14). The van der Waals surface area contributed by atoms with E-state index in [2.05, 4.69) is 0 Å². The van der Waals surface area contributed by atoms with Gasteiger partial charge in [0.25, 0.3) is 10.1 Å². The number of aliphatic hydroxyl groups excluding tert-OH is 2. The van der Waals surface area contributed by atoms with Gasteiger partial charge in [-0.1, -0.05) is 6.92 Å². The second-order valence-corrected chi connectivity index (χ2v) is 4.79. The number of aliphatic hydroxyl groups is 2. The van der Waals surface area contributed by atoms with Crippen molar-refractivity contribution in [3.8, 4) is 0 Å². The minimum absolute atomic E-state index is 0.109. The van der Waals surface area contributed by atoms with Crippen LogP contribution in [0.3, 0.4) is 0 Å². The molecule has 0 aromatic carbocycles. The first-order valence-corrected chi connectivity index (χ1v) is 6.46. The highest BCUT2D eigenvalue weighted by Crippen LogP contribution is 2.06. The van der Waals surface area contributed by atoms with Crippen LogP contribution in [-0.2, 0) is 10.1 Å². The highest BCUT2D eigenvalue weighted by Gasteiger charge is 2.21. The molecule has 0 aliphatic rings. The summed E-state index contributed by atoms with van der Waals surface area (Å²) in [5, 5.41) is 17.5. The van der Waals surface area contributed by atoms with Crippen LogP contribution in [0.4, 0.5) is 0 Å². The predicted molar refractivity (Wildman–Crippen MR) is 56.2 cm³/mol. The molecule has 0 heterocycles. The quantitative estimate of drug-likeness (QED) is 0.469. The average Bonchev–Trinajstić information content (AvgIpc) is 2.12. The Kier molecular flexibility index (Phi) is 7.03. The summed E-state index contributed by atoms with van der Waals surface area (Å²) in [7, 11) is -4.02. The van der Waals surface area contributed by atoms with Gasteiger partial charge in [-0.25, -0.2) is 0 Å². The highest BCUT2D eigenvalue weighted by atomic mass is 32.2. The predicted octanol–water partition coefficient (Wildman–Crippen LogP) is -1.06. The SMILES string of the molecule is CCC(CS(=O)(=O)O)N(CCO)CCO. The van der Waals surface area contributed by atoms with Crippen LogP contribution in [0.1, 0.15) is 13.3 Å². The molecule has 92 valence electrons. The van der Waals surface area contributed by atoms with Crippen molar-refractivity contribution in [2.45, 2.75) is 19.4 Å². The molecule has 7 heteroatoms. The Balaban J connectivity index is 4.43. The van der Waals surface area contributed by atoms with E-state index < -0.39 is 10.1 Å². The summed E-state index contributed by atoms with van der Waals surface area (Å²) >= 11 is 0. The van der Waals surface area contributed by atoms with Crippen molar-refractivity contribution in [2.24, 2.45) is 0 Å². The third-order valence-corrected chi connectivity index (χ3v) is 2.97. The molecule has 0 aliphatic heterocycles. The summed E-state index contributed by atoms with van der Waals surface area (Å²) in [4.78, 5) is 1.65. The van der Waals surface area contributed by atoms with Gasteiger partial charge in [-0.3, -0.25) is 9.45 Å². The van der Waals surface area contributed by atoms with Crippen LogP contribution in [0.25, 0.3) is 0 Å². The first-order chi connectivity index (χ1) is 6.94. The maximum Gasteiger partial charge on any atom is 0.266 e. The Morgan fingerprint density at radius 2 is 1.67 bits per heavy atom. The van der Waals surface area contributed by atoms with E-state index in [9.17, 15) is 8.42 Å².